The van der Waals surface area contributed by atoms with Gasteiger partial charge in [-0.15, -0.1) is 6.58 Å². The molecule has 0 aromatic rings. The third-order valence-corrected chi connectivity index (χ3v) is 4.12. The second-order valence-corrected chi connectivity index (χ2v) is 5.97. The van der Waals surface area contributed by atoms with Gasteiger partial charge in [0.25, 0.3) is 0 Å². The van der Waals surface area contributed by atoms with Gasteiger partial charge in [0.2, 0.25) is 0 Å². The quantitative estimate of drug-likeness (QED) is 0.279. The van der Waals surface area contributed by atoms with Crippen molar-refractivity contribution in [2.24, 2.45) is 0 Å². The minimum atomic E-state index is -0.775. The minimum Gasteiger partial charge on any atom is -0.616 e. The second kappa shape index (κ2) is 10.3. The van der Waals surface area contributed by atoms with Crippen molar-refractivity contribution in [3.8, 4) is 0 Å². The van der Waals surface area contributed by atoms with Gasteiger partial charge in [-0.1, -0.05) is 34.2 Å². The van der Waals surface area contributed by atoms with E-state index in [1.54, 1.807) is 27.7 Å². The molecule has 0 aliphatic carbocycles. The molecule has 0 aromatic heterocycles. The zero-order valence-corrected chi connectivity index (χ0v) is 9.93. The molecule has 1 atom stereocenters. The molecule has 0 rings (SSSR count). The van der Waals surface area contributed by atoms with Gasteiger partial charge in [-0.3, -0.25) is 0 Å². The fraction of sp³-hybridized carbons (Fsp3) is 0.333. The minimum absolute atomic E-state index is 0.578. The van der Waals surface area contributed by atoms with E-state index in [0.717, 1.165) is 5.75 Å². The van der Waals surface area contributed by atoms with E-state index in [-0.39, 0.29) is 0 Å². The lowest BCUT2D eigenvalue weighted by Crippen LogP contribution is -2.06. The van der Waals surface area contributed by atoms with Gasteiger partial charge in [0.05, 0.1) is 0 Å². The monoisotopic (exact) mass is 234 g/mol. The summed E-state index contributed by atoms with van der Waals surface area (Å²) < 4.78 is 11.1. The van der Waals surface area contributed by atoms with Gasteiger partial charge in [0, 0.05) is 5.75 Å². The number of rotatable bonds is 8. The normalized spacial score (nSPS) is 13.0. The molecule has 0 N–H and O–H groups in total. The molecule has 0 unspecified atom stereocenters. The average molecular weight is 234 g/mol. The first kappa shape index (κ1) is 13.2. The van der Waals surface area contributed by atoms with Crippen molar-refractivity contribution >= 4 is 32.8 Å². The van der Waals surface area contributed by atoms with Gasteiger partial charge in [0.1, 0.15) is 11.5 Å². The molecule has 0 aliphatic heterocycles. The van der Waals surface area contributed by atoms with Crippen LogP contribution in [0.3, 0.4) is 0 Å². The molecule has 0 saturated carbocycles. The van der Waals surface area contributed by atoms with Crippen LogP contribution in [0.5, 0.6) is 0 Å². The fourth-order valence-corrected chi connectivity index (χ4v) is 2.77. The van der Waals surface area contributed by atoms with Crippen LogP contribution in [0, 0.1) is 0 Å². The van der Waals surface area contributed by atoms with Crippen LogP contribution in [0.4, 0.5) is 0 Å². The smallest absolute Gasteiger partial charge is 0.124 e. The average Bonchev–Trinajstić information content (AvgIpc) is 2.11. The van der Waals surface area contributed by atoms with Crippen LogP contribution in [-0.2, 0) is 11.2 Å². The van der Waals surface area contributed by atoms with E-state index in [9.17, 15) is 4.55 Å². The highest BCUT2D eigenvalue weighted by Crippen LogP contribution is 2.21. The summed E-state index contributed by atoms with van der Waals surface area (Å²) in [7, 11) is 3.35. The molecule has 0 amide bonds. The first-order chi connectivity index (χ1) is 6.31. The Bertz CT molecular complexity index is 168. The zero-order valence-electron chi connectivity index (χ0n) is 7.48. The molecule has 0 spiro atoms. The van der Waals surface area contributed by atoms with Crippen molar-refractivity contribution in [2.75, 3.05) is 17.3 Å². The lowest BCUT2D eigenvalue weighted by atomic mass is 10.7. The number of hydrogen-bond donors (Lipinski definition) is 0. The summed E-state index contributed by atoms with van der Waals surface area (Å²) in [6.45, 7) is 7.14. The summed E-state index contributed by atoms with van der Waals surface area (Å²) >= 11 is -0.775. The van der Waals surface area contributed by atoms with Crippen LogP contribution in [0.25, 0.3) is 0 Å². The first-order valence-electron chi connectivity index (χ1n) is 3.81. The fourth-order valence-electron chi connectivity index (χ4n) is 0.512. The van der Waals surface area contributed by atoms with Crippen molar-refractivity contribution in [3.05, 3.63) is 36.8 Å². The topological polar surface area (TPSA) is 23.1 Å². The van der Waals surface area contributed by atoms with Crippen LogP contribution in [-0.4, -0.2) is 21.8 Å². The Kier molecular flexibility index (Phi) is 10.5. The van der Waals surface area contributed by atoms with E-state index in [2.05, 4.69) is 13.2 Å². The lowest BCUT2D eigenvalue weighted by molar-refractivity contribution is 0.601. The van der Waals surface area contributed by atoms with Gasteiger partial charge in [-0.05, 0) is 28.7 Å². The Hall–Kier alpha value is 0.230. The maximum atomic E-state index is 11.1. The van der Waals surface area contributed by atoms with E-state index >= 15 is 0 Å². The molecule has 1 nitrogen and oxygen atoms in total. The standard InChI is InChI=1S/C9H14OS3/c1-3-6-11-12-7-5-9-13(10)8-4-2/h3-5,7H,1-2,6,8-9H2/b7-5-/t13-/m0/s1. The summed E-state index contributed by atoms with van der Waals surface area (Å²) in [5, 5.41) is 1.97. The molecule has 0 heterocycles. The van der Waals surface area contributed by atoms with E-state index < -0.39 is 11.2 Å². The Morgan fingerprint density at radius 1 is 1.23 bits per heavy atom. The van der Waals surface area contributed by atoms with Crippen molar-refractivity contribution in [1.29, 1.82) is 0 Å². The van der Waals surface area contributed by atoms with Crippen LogP contribution < -0.4 is 0 Å². The molecular weight excluding hydrogens is 220 g/mol. The van der Waals surface area contributed by atoms with Crippen molar-refractivity contribution in [3.63, 3.8) is 0 Å². The summed E-state index contributed by atoms with van der Waals surface area (Å²) in [6, 6.07) is 0. The molecule has 0 radical (unpaired) electrons. The van der Waals surface area contributed by atoms with E-state index in [1.165, 1.54) is 0 Å². The Morgan fingerprint density at radius 3 is 2.62 bits per heavy atom. The molecule has 13 heavy (non-hydrogen) atoms. The highest BCUT2D eigenvalue weighted by molar-refractivity contribution is 8.77. The maximum absolute atomic E-state index is 11.1. The van der Waals surface area contributed by atoms with Crippen LogP contribution in [0.15, 0.2) is 36.8 Å². The number of hydrogen-bond acceptors (Lipinski definition) is 3. The van der Waals surface area contributed by atoms with Crippen LogP contribution in [0.2, 0.25) is 0 Å². The molecule has 0 bridgehead atoms. The molecular formula is C9H14OS3. The molecule has 74 valence electrons. The van der Waals surface area contributed by atoms with Crippen molar-refractivity contribution in [1.82, 2.24) is 0 Å². The Balaban J connectivity index is 3.29. The Morgan fingerprint density at radius 2 is 2.00 bits per heavy atom. The predicted octanol–water partition coefficient (Wildman–Crippen LogP) is 3.00. The van der Waals surface area contributed by atoms with Crippen molar-refractivity contribution in [2.45, 2.75) is 0 Å². The third kappa shape index (κ3) is 10.1. The van der Waals surface area contributed by atoms with Gasteiger partial charge in [0.15, 0.2) is 0 Å². The maximum Gasteiger partial charge on any atom is 0.124 e. The van der Waals surface area contributed by atoms with Gasteiger partial charge in [-0.25, -0.2) is 0 Å². The van der Waals surface area contributed by atoms with Gasteiger partial charge in [-0.2, -0.15) is 0 Å². The summed E-state index contributed by atoms with van der Waals surface area (Å²) in [4.78, 5) is 0. The highest BCUT2D eigenvalue weighted by atomic mass is 33.1. The second-order valence-electron chi connectivity index (χ2n) is 2.10. The van der Waals surface area contributed by atoms with E-state index in [1.807, 2.05) is 17.6 Å². The molecule has 0 fully saturated rings. The third-order valence-electron chi connectivity index (χ3n) is 0.992. The highest BCUT2D eigenvalue weighted by Gasteiger charge is 1.97. The van der Waals surface area contributed by atoms with Gasteiger partial charge >= 0.3 is 0 Å². The summed E-state index contributed by atoms with van der Waals surface area (Å²) in [5.41, 5.74) is 0. The van der Waals surface area contributed by atoms with Gasteiger partial charge < -0.3 is 4.55 Å². The lowest BCUT2D eigenvalue weighted by Gasteiger charge is -2.03. The summed E-state index contributed by atoms with van der Waals surface area (Å²) in [6.07, 6.45) is 5.48. The van der Waals surface area contributed by atoms with Crippen molar-refractivity contribution < 1.29 is 4.55 Å². The molecule has 4 heteroatoms. The predicted molar refractivity (Wildman–Crippen MR) is 67.5 cm³/mol. The summed E-state index contributed by atoms with van der Waals surface area (Å²) in [5.74, 6) is 2.13. The van der Waals surface area contributed by atoms with Crippen LogP contribution in [0.1, 0.15) is 0 Å². The van der Waals surface area contributed by atoms with Crippen LogP contribution >= 0.6 is 21.6 Å². The Labute approximate surface area is 91.3 Å². The SMILES string of the molecule is C=CCSS/C=C\C[S@@+]([O-])CC=C. The van der Waals surface area contributed by atoms with E-state index in [4.69, 9.17) is 0 Å². The molecule has 0 aromatic carbocycles. The zero-order chi connectivity index (χ0) is 9.94. The molecule has 0 aliphatic rings. The first-order valence-corrected chi connectivity index (χ1v) is 7.68. The largest absolute Gasteiger partial charge is 0.616 e. The van der Waals surface area contributed by atoms with E-state index in [0.29, 0.717) is 11.5 Å². The molecule has 0 saturated heterocycles.